The first-order chi connectivity index (χ1) is 15.3. The molecule has 0 aliphatic carbocycles. The summed E-state index contributed by atoms with van der Waals surface area (Å²) in [7, 11) is 0. The maximum atomic E-state index is 12.8. The Morgan fingerprint density at radius 2 is 1.84 bits per heavy atom. The van der Waals surface area contributed by atoms with Crippen LogP contribution in [0.2, 0.25) is 0 Å². The minimum atomic E-state index is -4.33. The Morgan fingerprint density at radius 3 is 2.53 bits per heavy atom. The van der Waals surface area contributed by atoms with Crippen molar-refractivity contribution in [1.82, 2.24) is 4.90 Å². The second-order valence-electron chi connectivity index (χ2n) is 7.96. The van der Waals surface area contributed by atoms with Crippen LogP contribution in [0.3, 0.4) is 0 Å². The predicted molar refractivity (Wildman–Crippen MR) is 117 cm³/mol. The second kappa shape index (κ2) is 9.54. The average Bonchev–Trinajstić information content (AvgIpc) is 3.13. The molecule has 2 heterocycles. The number of benzene rings is 2. The van der Waals surface area contributed by atoms with Crippen molar-refractivity contribution in [2.45, 2.75) is 30.7 Å². The summed E-state index contributed by atoms with van der Waals surface area (Å²) < 4.78 is 48.1. The highest BCUT2D eigenvalue weighted by atomic mass is 32.2. The molecule has 1 atom stereocenters. The van der Waals surface area contributed by atoms with Crippen molar-refractivity contribution in [2.24, 2.45) is 4.40 Å². The molecule has 5 nitrogen and oxygen atoms in total. The fourth-order valence-electron chi connectivity index (χ4n) is 4.00. The molecule has 1 unspecified atom stereocenters. The van der Waals surface area contributed by atoms with Gasteiger partial charge in [0.2, 0.25) is 0 Å². The number of alkyl halides is 3. The van der Waals surface area contributed by atoms with Crippen LogP contribution in [0.1, 0.15) is 28.7 Å². The quantitative estimate of drug-likeness (QED) is 0.639. The molecule has 0 aromatic heterocycles. The van der Waals surface area contributed by atoms with Gasteiger partial charge in [-0.15, -0.1) is 0 Å². The highest BCUT2D eigenvalue weighted by molar-refractivity contribution is 7.99. The fourth-order valence-corrected chi connectivity index (χ4v) is 4.97. The van der Waals surface area contributed by atoms with Crippen molar-refractivity contribution in [3.63, 3.8) is 0 Å². The normalized spacial score (nSPS) is 19.2. The summed E-state index contributed by atoms with van der Waals surface area (Å²) in [5, 5.41) is 9.04. The third-order valence-electron chi connectivity index (χ3n) is 5.68. The number of halogens is 3. The van der Waals surface area contributed by atoms with Crippen LogP contribution in [0.4, 0.5) is 13.2 Å². The Kier molecular flexibility index (Phi) is 6.76. The van der Waals surface area contributed by atoms with E-state index in [-0.39, 0.29) is 11.9 Å². The molecule has 2 aromatic rings. The number of carbonyl (C=O) groups is 1. The molecule has 0 saturated carbocycles. The van der Waals surface area contributed by atoms with Gasteiger partial charge in [0.25, 0.3) is 0 Å². The Labute approximate surface area is 188 Å². The van der Waals surface area contributed by atoms with Crippen LogP contribution in [0.15, 0.2) is 46.9 Å². The van der Waals surface area contributed by atoms with E-state index in [0.29, 0.717) is 5.75 Å². The van der Waals surface area contributed by atoms with E-state index in [9.17, 15) is 18.0 Å². The molecule has 2 aromatic carbocycles. The van der Waals surface area contributed by atoms with E-state index in [1.165, 1.54) is 35.2 Å². The van der Waals surface area contributed by atoms with Crippen LogP contribution in [0.5, 0.6) is 5.75 Å². The maximum Gasteiger partial charge on any atom is 0.416 e. The summed E-state index contributed by atoms with van der Waals surface area (Å²) in [6.07, 6.45) is -1.85. The molecular weight excluding hydrogens is 441 g/mol. The number of aliphatic carboxylic acids is 1. The number of carboxylic acid groups (broad SMARTS) is 1. The zero-order chi connectivity index (χ0) is 22.7. The van der Waals surface area contributed by atoms with Gasteiger partial charge in [0.1, 0.15) is 5.75 Å². The standard InChI is InChI=1S/C23H23F3N2O3S/c24-23(25,26)18-4-1-16(2-5-18)21-12-20(32-27-21)13-28-9-7-15-3-6-19(31-14-22(29)30)11-17(15)8-10-28/h1-6,11,20H,7-10,12-14H2,(H,29,30). The lowest BCUT2D eigenvalue weighted by Crippen LogP contribution is -2.33. The summed E-state index contributed by atoms with van der Waals surface area (Å²) in [5.41, 5.74) is 3.36. The Hall–Kier alpha value is -2.52. The number of hydrogen-bond acceptors (Lipinski definition) is 5. The topological polar surface area (TPSA) is 62.1 Å². The molecule has 170 valence electrons. The number of rotatable bonds is 6. The largest absolute Gasteiger partial charge is 0.482 e. The van der Waals surface area contributed by atoms with Crippen molar-refractivity contribution in [2.75, 3.05) is 26.2 Å². The molecule has 0 fully saturated rings. The second-order valence-corrected chi connectivity index (χ2v) is 9.02. The zero-order valence-corrected chi connectivity index (χ0v) is 18.1. The molecular formula is C23H23F3N2O3S. The minimum absolute atomic E-state index is 0.267. The summed E-state index contributed by atoms with van der Waals surface area (Å²) in [4.78, 5) is 13.1. The molecule has 0 amide bonds. The van der Waals surface area contributed by atoms with Crippen molar-refractivity contribution < 1.29 is 27.8 Å². The first-order valence-corrected chi connectivity index (χ1v) is 11.2. The molecule has 9 heteroatoms. The van der Waals surface area contributed by atoms with Gasteiger partial charge in [0.15, 0.2) is 6.61 Å². The first kappa shape index (κ1) is 22.7. The molecule has 0 saturated heterocycles. The summed E-state index contributed by atoms with van der Waals surface area (Å²) >= 11 is 1.50. The average molecular weight is 465 g/mol. The van der Waals surface area contributed by atoms with Gasteiger partial charge in [0.05, 0.1) is 11.3 Å². The lowest BCUT2D eigenvalue weighted by Gasteiger charge is -2.22. The van der Waals surface area contributed by atoms with Gasteiger partial charge in [0, 0.05) is 31.3 Å². The van der Waals surface area contributed by atoms with Crippen LogP contribution in [-0.4, -0.2) is 53.2 Å². The van der Waals surface area contributed by atoms with E-state index in [2.05, 4.69) is 9.30 Å². The molecule has 4 rings (SSSR count). The summed E-state index contributed by atoms with van der Waals surface area (Å²) in [6, 6.07) is 11.0. The lowest BCUT2D eigenvalue weighted by molar-refractivity contribution is -0.139. The minimum Gasteiger partial charge on any atom is -0.482 e. The first-order valence-electron chi connectivity index (χ1n) is 10.4. The summed E-state index contributed by atoms with van der Waals surface area (Å²) in [5.74, 6) is -0.432. The maximum absolute atomic E-state index is 12.8. The number of nitrogens with zero attached hydrogens (tertiary/aromatic N) is 2. The van der Waals surface area contributed by atoms with Gasteiger partial charge >= 0.3 is 12.1 Å². The van der Waals surface area contributed by atoms with Crippen LogP contribution < -0.4 is 4.74 Å². The SMILES string of the molecule is O=C(O)COc1ccc2c(c1)CCN(CC1CC(c3ccc(C(F)(F)F)cc3)=NS1)CC2. The van der Waals surface area contributed by atoms with Crippen LogP contribution in [-0.2, 0) is 23.8 Å². The molecule has 2 aliphatic rings. The van der Waals surface area contributed by atoms with Gasteiger partial charge in [-0.1, -0.05) is 18.2 Å². The van der Waals surface area contributed by atoms with Gasteiger partial charge in [-0.2, -0.15) is 13.2 Å². The van der Waals surface area contributed by atoms with E-state index >= 15 is 0 Å². The van der Waals surface area contributed by atoms with E-state index in [0.717, 1.165) is 62.3 Å². The Balaban J connectivity index is 1.30. The van der Waals surface area contributed by atoms with E-state index in [1.54, 1.807) is 0 Å². The molecule has 0 radical (unpaired) electrons. The van der Waals surface area contributed by atoms with Gasteiger partial charge in [-0.3, -0.25) is 0 Å². The van der Waals surface area contributed by atoms with Gasteiger partial charge < -0.3 is 14.7 Å². The van der Waals surface area contributed by atoms with Crippen LogP contribution in [0.25, 0.3) is 0 Å². The van der Waals surface area contributed by atoms with Crippen LogP contribution >= 0.6 is 11.9 Å². The van der Waals surface area contributed by atoms with Crippen molar-refractivity contribution in [3.8, 4) is 5.75 Å². The number of carboxylic acids is 1. The van der Waals surface area contributed by atoms with E-state index in [4.69, 9.17) is 9.84 Å². The predicted octanol–water partition coefficient (Wildman–Crippen LogP) is 4.48. The fraction of sp³-hybridized carbons (Fsp3) is 0.391. The smallest absolute Gasteiger partial charge is 0.416 e. The van der Waals surface area contributed by atoms with Gasteiger partial charge in [-0.05, 0) is 65.7 Å². The lowest BCUT2D eigenvalue weighted by atomic mass is 10.0. The van der Waals surface area contributed by atoms with Gasteiger partial charge in [-0.25, -0.2) is 9.19 Å². The Morgan fingerprint density at radius 1 is 1.12 bits per heavy atom. The molecule has 2 aliphatic heterocycles. The number of ether oxygens (including phenoxy) is 1. The summed E-state index contributed by atoms with van der Waals surface area (Å²) in [6.45, 7) is 2.29. The van der Waals surface area contributed by atoms with Crippen molar-refractivity contribution in [1.29, 1.82) is 0 Å². The van der Waals surface area contributed by atoms with E-state index < -0.39 is 17.7 Å². The van der Waals surface area contributed by atoms with Crippen molar-refractivity contribution in [3.05, 3.63) is 64.7 Å². The molecule has 1 N–H and O–H groups in total. The highest BCUT2D eigenvalue weighted by Crippen LogP contribution is 2.32. The zero-order valence-electron chi connectivity index (χ0n) is 17.3. The van der Waals surface area contributed by atoms with E-state index in [1.807, 2.05) is 18.2 Å². The Bertz CT molecular complexity index is 1010. The third kappa shape index (κ3) is 5.63. The molecule has 0 spiro atoms. The number of fused-ring (bicyclic) bond motifs is 1. The molecule has 0 bridgehead atoms. The highest BCUT2D eigenvalue weighted by Gasteiger charge is 2.31. The monoisotopic (exact) mass is 464 g/mol. The third-order valence-corrected chi connectivity index (χ3v) is 6.61. The molecule has 32 heavy (non-hydrogen) atoms. The van der Waals surface area contributed by atoms with Crippen molar-refractivity contribution >= 4 is 23.6 Å². The number of hydrogen-bond donors (Lipinski definition) is 1. The van der Waals surface area contributed by atoms with Crippen LogP contribution in [0, 0.1) is 0 Å².